The van der Waals surface area contributed by atoms with Crippen LogP contribution in [0.15, 0.2) is 36.0 Å². The van der Waals surface area contributed by atoms with Crippen LogP contribution in [0.4, 0.5) is 0 Å². The van der Waals surface area contributed by atoms with Crippen molar-refractivity contribution in [1.29, 1.82) is 0 Å². The molecule has 25 heavy (non-hydrogen) atoms. The third-order valence-electron chi connectivity index (χ3n) is 6.40. The molecule has 0 saturated carbocycles. The van der Waals surface area contributed by atoms with E-state index >= 15 is 0 Å². The molecule has 0 aliphatic heterocycles. The second kappa shape index (κ2) is 8.38. The Labute approximate surface area is 155 Å². The van der Waals surface area contributed by atoms with Crippen LogP contribution in [-0.4, -0.2) is 11.1 Å². The van der Waals surface area contributed by atoms with Crippen molar-refractivity contribution < 1.29 is 9.90 Å². The monoisotopic (exact) mass is 346 g/mol. The van der Waals surface area contributed by atoms with E-state index in [4.69, 9.17) is 0 Å². The van der Waals surface area contributed by atoms with E-state index in [0.29, 0.717) is 12.3 Å². The number of allylic oxidation sites excluding steroid dienone is 6. The summed E-state index contributed by atoms with van der Waals surface area (Å²) >= 11 is 0. The first-order valence-corrected chi connectivity index (χ1v) is 9.87. The molecule has 0 saturated heterocycles. The number of hydrogen-bond donors (Lipinski definition) is 1. The summed E-state index contributed by atoms with van der Waals surface area (Å²) in [5.74, 6) is -0.137. The highest BCUT2D eigenvalue weighted by atomic mass is 16.4. The zero-order valence-corrected chi connectivity index (χ0v) is 17.4. The Morgan fingerprint density at radius 2 is 1.84 bits per heavy atom. The van der Waals surface area contributed by atoms with Gasteiger partial charge in [-0.1, -0.05) is 71.4 Å². The molecule has 0 fully saturated rings. The van der Waals surface area contributed by atoms with Crippen LogP contribution in [-0.2, 0) is 4.79 Å². The maximum absolute atomic E-state index is 11.7. The van der Waals surface area contributed by atoms with Gasteiger partial charge >= 0.3 is 5.97 Å². The molecular weight excluding hydrogens is 308 g/mol. The van der Waals surface area contributed by atoms with Crippen molar-refractivity contribution in [2.45, 2.75) is 80.6 Å². The minimum absolute atomic E-state index is 0.118. The van der Waals surface area contributed by atoms with Crippen LogP contribution < -0.4 is 0 Å². The molecule has 1 rings (SSSR count). The Morgan fingerprint density at radius 3 is 2.32 bits per heavy atom. The van der Waals surface area contributed by atoms with Crippen molar-refractivity contribution in [3.63, 3.8) is 0 Å². The molecule has 0 bridgehead atoms. The van der Waals surface area contributed by atoms with Crippen LogP contribution in [0, 0.1) is 22.2 Å². The minimum atomic E-state index is -0.733. The van der Waals surface area contributed by atoms with Crippen molar-refractivity contribution in [1.82, 2.24) is 0 Å². The molecule has 3 unspecified atom stereocenters. The average molecular weight is 347 g/mol. The van der Waals surface area contributed by atoms with Gasteiger partial charge in [-0.25, -0.2) is 0 Å². The van der Waals surface area contributed by atoms with Gasteiger partial charge in [0.25, 0.3) is 0 Å². The fraction of sp³-hybridized carbons (Fsp3) is 0.696. The van der Waals surface area contributed by atoms with E-state index in [0.717, 1.165) is 12.8 Å². The van der Waals surface area contributed by atoms with E-state index in [1.54, 1.807) is 0 Å². The number of rotatable bonds is 9. The van der Waals surface area contributed by atoms with Gasteiger partial charge in [-0.3, -0.25) is 4.79 Å². The fourth-order valence-corrected chi connectivity index (χ4v) is 4.20. The molecule has 1 aliphatic rings. The zero-order chi connectivity index (χ0) is 19.3. The van der Waals surface area contributed by atoms with Crippen molar-refractivity contribution in [2.24, 2.45) is 22.2 Å². The van der Waals surface area contributed by atoms with Gasteiger partial charge in [0, 0.05) is 5.41 Å². The third-order valence-corrected chi connectivity index (χ3v) is 6.40. The predicted octanol–water partition coefficient (Wildman–Crippen LogP) is 6.79. The van der Waals surface area contributed by atoms with Crippen molar-refractivity contribution in [2.75, 3.05) is 0 Å². The maximum Gasteiger partial charge on any atom is 0.309 e. The van der Waals surface area contributed by atoms with Gasteiger partial charge in [-0.05, 0) is 56.4 Å². The van der Waals surface area contributed by atoms with Crippen LogP contribution in [0.5, 0.6) is 0 Å². The molecule has 2 heteroatoms. The topological polar surface area (TPSA) is 37.3 Å². The second-order valence-electron chi connectivity index (χ2n) is 8.82. The van der Waals surface area contributed by atoms with Gasteiger partial charge in [0.2, 0.25) is 0 Å². The summed E-state index contributed by atoms with van der Waals surface area (Å²) in [5, 5.41) is 9.64. The highest BCUT2D eigenvalue weighted by molar-refractivity contribution is 5.73. The number of carboxylic acids is 1. The molecular formula is C23H38O2. The molecule has 3 atom stereocenters. The standard InChI is InChI=1S/C23H38O2/c1-8-13-18(9-2)19-14-11-12-15-23(7,16-19)22(6,10-3)17-21(4,5)20(24)25/h11-12,14-16,18H,8-10,13,17H2,1-7H3,(H,24,25). The van der Waals surface area contributed by atoms with E-state index in [1.807, 2.05) is 13.8 Å². The molecule has 1 aliphatic carbocycles. The molecule has 1 N–H and O–H groups in total. The first kappa shape index (κ1) is 21.7. The van der Waals surface area contributed by atoms with Gasteiger partial charge < -0.3 is 5.11 Å². The summed E-state index contributed by atoms with van der Waals surface area (Å²) in [6, 6.07) is 0. The van der Waals surface area contributed by atoms with Gasteiger partial charge in [0.15, 0.2) is 0 Å². The second-order valence-corrected chi connectivity index (χ2v) is 8.82. The zero-order valence-electron chi connectivity index (χ0n) is 17.4. The molecule has 2 nitrogen and oxygen atoms in total. The van der Waals surface area contributed by atoms with Crippen LogP contribution in [0.1, 0.15) is 80.6 Å². The summed E-state index contributed by atoms with van der Waals surface area (Å²) in [6.07, 6.45) is 16.4. The highest BCUT2D eigenvalue weighted by Gasteiger charge is 2.46. The van der Waals surface area contributed by atoms with Gasteiger partial charge in [-0.15, -0.1) is 0 Å². The van der Waals surface area contributed by atoms with E-state index in [9.17, 15) is 9.90 Å². The van der Waals surface area contributed by atoms with Gasteiger partial charge in [0.05, 0.1) is 5.41 Å². The summed E-state index contributed by atoms with van der Waals surface area (Å²) < 4.78 is 0. The van der Waals surface area contributed by atoms with Crippen LogP contribution in [0.3, 0.4) is 0 Å². The van der Waals surface area contributed by atoms with Gasteiger partial charge in [-0.2, -0.15) is 0 Å². The first-order chi connectivity index (χ1) is 11.5. The lowest BCUT2D eigenvalue weighted by atomic mass is 9.57. The number of carboxylic acid groups (broad SMARTS) is 1. The Bertz CT molecular complexity index is 552. The van der Waals surface area contributed by atoms with E-state index < -0.39 is 11.4 Å². The Morgan fingerprint density at radius 1 is 1.20 bits per heavy atom. The number of hydrogen-bond acceptors (Lipinski definition) is 1. The highest BCUT2D eigenvalue weighted by Crippen LogP contribution is 2.52. The van der Waals surface area contributed by atoms with E-state index in [-0.39, 0.29) is 10.8 Å². The van der Waals surface area contributed by atoms with Crippen molar-refractivity contribution >= 4 is 5.97 Å². The van der Waals surface area contributed by atoms with E-state index in [2.05, 4.69) is 65.0 Å². The predicted molar refractivity (Wildman–Crippen MR) is 108 cm³/mol. The SMILES string of the molecule is CCCC(CC)C1=CC(C)(C(C)(CC)CC(C)(C)C(=O)O)C=CC=C1. The summed E-state index contributed by atoms with van der Waals surface area (Å²) in [6.45, 7) is 14.9. The summed E-state index contributed by atoms with van der Waals surface area (Å²) in [7, 11) is 0. The molecule has 0 aromatic carbocycles. The average Bonchev–Trinajstić information content (AvgIpc) is 2.74. The number of carbonyl (C=O) groups is 1. The summed E-state index contributed by atoms with van der Waals surface area (Å²) in [5.41, 5.74) is 0.398. The van der Waals surface area contributed by atoms with Crippen LogP contribution in [0.2, 0.25) is 0 Å². The molecule has 0 heterocycles. The van der Waals surface area contributed by atoms with Gasteiger partial charge in [0.1, 0.15) is 0 Å². The van der Waals surface area contributed by atoms with Crippen LogP contribution >= 0.6 is 0 Å². The molecule has 142 valence electrons. The lowest BCUT2D eigenvalue weighted by Gasteiger charge is -2.46. The van der Waals surface area contributed by atoms with Crippen molar-refractivity contribution in [3.8, 4) is 0 Å². The van der Waals surface area contributed by atoms with E-state index in [1.165, 1.54) is 18.4 Å². The normalized spacial score (nSPS) is 24.4. The molecule has 0 aromatic rings. The molecule has 0 aromatic heterocycles. The lowest BCUT2D eigenvalue weighted by Crippen LogP contribution is -2.41. The molecule has 0 radical (unpaired) electrons. The largest absolute Gasteiger partial charge is 0.481 e. The fourth-order valence-electron chi connectivity index (χ4n) is 4.20. The quantitative estimate of drug-likeness (QED) is 0.499. The Balaban J connectivity index is 3.34. The van der Waals surface area contributed by atoms with Crippen molar-refractivity contribution in [3.05, 3.63) is 36.0 Å². The molecule has 0 spiro atoms. The minimum Gasteiger partial charge on any atom is -0.481 e. The van der Waals surface area contributed by atoms with Crippen LogP contribution in [0.25, 0.3) is 0 Å². The number of aliphatic carboxylic acids is 1. The smallest absolute Gasteiger partial charge is 0.309 e. The Hall–Kier alpha value is -1.31. The molecule has 0 amide bonds. The lowest BCUT2D eigenvalue weighted by molar-refractivity contribution is -0.149. The first-order valence-electron chi connectivity index (χ1n) is 9.87. The third kappa shape index (κ3) is 4.86. The maximum atomic E-state index is 11.7. The summed E-state index contributed by atoms with van der Waals surface area (Å²) in [4.78, 5) is 11.7. The Kier molecular flexibility index (Phi) is 7.28.